The van der Waals surface area contributed by atoms with E-state index in [4.69, 9.17) is 17.3 Å². The van der Waals surface area contributed by atoms with E-state index >= 15 is 0 Å². The number of halogens is 1. The van der Waals surface area contributed by atoms with Gasteiger partial charge in [0.15, 0.2) is 5.82 Å². The van der Waals surface area contributed by atoms with Crippen molar-refractivity contribution < 1.29 is 4.79 Å². The maximum Gasteiger partial charge on any atom is 0.273 e. The summed E-state index contributed by atoms with van der Waals surface area (Å²) in [5, 5.41) is 6.60. The predicted octanol–water partition coefficient (Wildman–Crippen LogP) is 1.20. The second kappa shape index (κ2) is 5.79. The number of nitrogens with one attached hydrogen (secondary N) is 1. The van der Waals surface area contributed by atoms with Crippen LogP contribution >= 0.6 is 11.6 Å². The quantitative estimate of drug-likeness (QED) is 0.856. The molecule has 0 aliphatic carbocycles. The van der Waals surface area contributed by atoms with Gasteiger partial charge in [0.2, 0.25) is 0 Å². The van der Waals surface area contributed by atoms with E-state index in [-0.39, 0.29) is 16.7 Å². The fraction of sp³-hybridized carbons (Fsp3) is 0.667. The summed E-state index contributed by atoms with van der Waals surface area (Å²) in [6.07, 6.45) is 3.07. The van der Waals surface area contributed by atoms with Gasteiger partial charge in [-0.15, -0.1) is 0 Å². The molecular formula is C12H20ClN5O. The second-order valence-electron chi connectivity index (χ2n) is 5.14. The van der Waals surface area contributed by atoms with Crippen molar-refractivity contribution >= 4 is 23.3 Å². The van der Waals surface area contributed by atoms with Crippen LogP contribution < -0.4 is 5.73 Å². The highest BCUT2D eigenvalue weighted by molar-refractivity contribution is 6.35. The zero-order valence-corrected chi connectivity index (χ0v) is 12.1. The van der Waals surface area contributed by atoms with Crippen LogP contribution in [0.4, 0.5) is 5.82 Å². The number of aromatic nitrogens is 2. The molecule has 1 aliphatic heterocycles. The number of hydrogen-bond acceptors (Lipinski definition) is 4. The largest absolute Gasteiger partial charge is 0.381 e. The Morgan fingerprint density at radius 1 is 1.47 bits per heavy atom. The monoisotopic (exact) mass is 285 g/mol. The highest BCUT2D eigenvalue weighted by Crippen LogP contribution is 2.23. The number of carbonyl (C=O) groups is 1. The van der Waals surface area contributed by atoms with Crippen molar-refractivity contribution in [2.75, 3.05) is 32.9 Å². The smallest absolute Gasteiger partial charge is 0.273 e. The van der Waals surface area contributed by atoms with E-state index in [2.05, 4.69) is 29.2 Å². The van der Waals surface area contributed by atoms with Gasteiger partial charge in [-0.05, 0) is 33.4 Å². The van der Waals surface area contributed by atoms with Gasteiger partial charge in [0.1, 0.15) is 10.7 Å². The van der Waals surface area contributed by atoms with Crippen LogP contribution in [0.3, 0.4) is 0 Å². The van der Waals surface area contributed by atoms with Crippen LogP contribution in [0.25, 0.3) is 0 Å². The van der Waals surface area contributed by atoms with Gasteiger partial charge in [-0.3, -0.25) is 9.89 Å². The van der Waals surface area contributed by atoms with Gasteiger partial charge >= 0.3 is 0 Å². The lowest BCUT2D eigenvalue weighted by atomic mass is 10.1. The van der Waals surface area contributed by atoms with Crippen LogP contribution in [0.15, 0.2) is 0 Å². The van der Waals surface area contributed by atoms with Crippen LogP contribution in [0.1, 0.15) is 29.8 Å². The fourth-order valence-corrected chi connectivity index (χ4v) is 2.61. The summed E-state index contributed by atoms with van der Waals surface area (Å²) in [5.41, 5.74) is 5.84. The Bertz CT molecular complexity index is 459. The summed E-state index contributed by atoms with van der Waals surface area (Å²) in [4.78, 5) is 16.4. The first-order valence-electron chi connectivity index (χ1n) is 6.45. The summed E-state index contributed by atoms with van der Waals surface area (Å²) >= 11 is 5.97. The van der Waals surface area contributed by atoms with Crippen LogP contribution in [0.2, 0.25) is 5.02 Å². The number of nitrogen functional groups attached to an aromatic ring is 1. The van der Waals surface area contributed by atoms with E-state index in [0.717, 1.165) is 32.4 Å². The Labute approximate surface area is 117 Å². The Hall–Kier alpha value is -1.27. The average Bonchev–Trinajstić information content (AvgIpc) is 2.60. The van der Waals surface area contributed by atoms with Crippen molar-refractivity contribution in [2.45, 2.75) is 25.3 Å². The first-order chi connectivity index (χ1) is 9.00. The van der Waals surface area contributed by atoms with E-state index in [0.29, 0.717) is 11.7 Å². The number of nitrogens with zero attached hydrogens (tertiary/aromatic N) is 3. The molecule has 0 aromatic carbocycles. The number of carbonyl (C=O) groups excluding carboxylic acids is 1. The molecule has 1 aromatic rings. The van der Waals surface area contributed by atoms with Gasteiger partial charge in [-0.25, -0.2) is 0 Å². The topological polar surface area (TPSA) is 78.2 Å². The third kappa shape index (κ3) is 3.01. The summed E-state index contributed by atoms with van der Waals surface area (Å²) in [7, 11) is 4.16. The molecule has 19 heavy (non-hydrogen) atoms. The lowest BCUT2D eigenvalue weighted by Crippen LogP contribution is -2.34. The third-order valence-electron chi connectivity index (χ3n) is 3.66. The van der Waals surface area contributed by atoms with E-state index in [1.165, 1.54) is 0 Å². The third-order valence-corrected chi connectivity index (χ3v) is 4.04. The van der Waals surface area contributed by atoms with Crippen molar-refractivity contribution in [3.63, 3.8) is 0 Å². The van der Waals surface area contributed by atoms with Gasteiger partial charge < -0.3 is 15.5 Å². The highest BCUT2D eigenvalue weighted by atomic mass is 35.5. The minimum absolute atomic E-state index is 0.117. The van der Waals surface area contributed by atoms with Crippen LogP contribution in [-0.2, 0) is 0 Å². The Morgan fingerprint density at radius 2 is 2.21 bits per heavy atom. The molecule has 0 bridgehead atoms. The molecule has 1 saturated heterocycles. The van der Waals surface area contributed by atoms with Crippen LogP contribution in [0, 0.1) is 0 Å². The lowest BCUT2D eigenvalue weighted by molar-refractivity contribution is 0.0753. The molecule has 1 aliphatic rings. The van der Waals surface area contributed by atoms with Crippen molar-refractivity contribution in [1.82, 2.24) is 20.0 Å². The molecule has 1 fully saturated rings. The van der Waals surface area contributed by atoms with Gasteiger partial charge in [0.25, 0.3) is 5.91 Å². The summed E-state index contributed by atoms with van der Waals surface area (Å²) in [6, 6.07) is 0.528. The van der Waals surface area contributed by atoms with Gasteiger partial charge in [-0.2, -0.15) is 5.10 Å². The zero-order chi connectivity index (χ0) is 14.0. The fourth-order valence-electron chi connectivity index (χ4n) is 2.44. The molecule has 0 spiro atoms. The second-order valence-corrected chi connectivity index (χ2v) is 5.52. The van der Waals surface area contributed by atoms with Crippen molar-refractivity contribution in [3.8, 4) is 0 Å². The number of rotatable bonds is 2. The van der Waals surface area contributed by atoms with Crippen molar-refractivity contribution in [3.05, 3.63) is 10.7 Å². The van der Waals surface area contributed by atoms with E-state index in [9.17, 15) is 4.79 Å². The van der Waals surface area contributed by atoms with E-state index in [1.54, 1.807) is 0 Å². The molecule has 1 aromatic heterocycles. The molecule has 7 heteroatoms. The van der Waals surface area contributed by atoms with Gasteiger partial charge in [0, 0.05) is 19.1 Å². The lowest BCUT2D eigenvalue weighted by Gasteiger charge is -2.23. The molecular weight excluding hydrogens is 266 g/mol. The van der Waals surface area contributed by atoms with Crippen molar-refractivity contribution in [2.24, 2.45) is 0 Å². The van der Waals surface area contributed by atoms with E-state index < -0.39 is 0 Å². The standard InChI is InChI=1S/C12H20ClN5O/c1-17(2)8-4-3-6-18(7-5-8)12(19)10-9(13)11(14)16-15-10/h8H,3-7H2,1-2H3,(H3,14,15,16)/t8-/m0/s1. The zero-order valence-electron chi connectivity index (χ0n) is 11.3. The number of aromatic amines is 1. The number of hydrogen-bond donors (Lipinski definition) is 2. The van der Waals surface area contributed by atoms with Gasteiger partial charge in [-0.1, -0.05) is 11.6 Å². The van der Waals surface area contributed by atoms with Gasteiger partial charge in [0.05, 0.1) is 0 Å². The first-order valence-corrected chi connectivity index (χ1v) is 6.83. The van der Waals surface area contributed by atoms with Crippen LogP contribution in [0.5, 0.6) is 0 Å². The van der Waals surface area contributed by atoms with Crippen molar-refractivity contribution in [1.29, 1.82) is 0 Å². The maximum atomic E-state index is 12.4. The van der Waals surface area contributed by atoms with E-state index in [1.807, 2.05) is 4.90 Å². The molecule has 0 radical (unpaired) electrons. The molecule has 106 valence electrons. The summed E-state index contributed by atoms with van der Waals surface area (Å²) in [5.74, 6) is 0.0552. The first kappa shape index (κ1) is 14.1. The number of H-pyrrole nitrogens is 1. The summed E-state index contributed by atoms with van der Waals surface area (Å²) < 4.78 is 0. The molecule has 1 amide bonds. The molecule has 2 heterocycles. The Balaban J connectivity index is 2.06. The molecule has 6 nitrogen and oxygen atoms in total. The molecule has 2 rings (SSSR count). The number of likely N-dealkylation sites (tertiary alicyclic amines) is 1. The normalized spacial score (nSPS) is 20.6. The molecule has 1 atom stereocenters. The minimum atomic E-state index is -0.117. The number of anilines is 1. The highest BCUT2D eigenvalue weighted by Gasteiger charge is 2.25. The molecule has 0 unspecified atom stereocenters. The Morgan fingerprint density at radius 3 is 2.79 bits per heavy atom. The SMILES string of the molecule is CN(C)[C@H]1CCCN(C(=O)c2[nH]nc(N)c2Cl)CC1. The maximum absolute atomic E-state index is 12.4. The molecule has 3 N–H and O–H groups in total. The average molecular weight is 286 g/mol. The number of nitrogens with two attached hydrogens (primary N) is 1. The predicted molar refractivity (Wildman–Crippen MR) is 75.2 cm³/mol. The molecule has 0 saturated carbocycles. The summed E-state index contributed by atoms with van der Waals surface area (Å²) in [6.45, 7) is 1.48. The Kier molecular flexibility index (Phi) is 4.31. The minimum Gasteiger partial charge on any atom is -0.381 e. The number of amides is 1. The van der Waals surface area contributed by atoms with Crippen LogP contribution in [-0.4, -0.2) is 59.1 Å².